The largest absolute Gasteiger partial charge is 0.347 e. The maximum Gasteiger partial charge on any atom is 0.305 e. The van der Waals surface area contributed by atoms with E-state index < -0.39 is 39.3 Å². The lowest BCUT2D eigenvalue weighted by Gasteiger charge is -2.35. The number of nitro groups is 1. The number of rotatable bonds is 3. The molecule has 1 saturated heterocycles. The Morgan fingerprint density at radius 1 is 1.38 bits per heavy atom. The minimum Gasteiger partial charge on any atom is -0.347 e. The van der Waals surface area contributed by atoms with E-state index >= 15 is 0 Å². The summed E-state index contributed by atoms with van der Waals surface area (Å²) in [4.78, 5) is 21.8. The molecule has 0 atom stereocenters. The van der Waals surface area contributed by atoms with Crippen LogP contribution in [-0.4, -0.2) is 29.5 Å². The van der Waals surface area contributed by atoms with Gasteiger partial charge in [-0.1, -0.05) is 0 Å². The van der Waals surface area contributed by atoms with E-state index in [1.54, 1.807) is 6.92 Å². The first-order valence-corrected chi connectivity index (χ1v) is 6.50. The summed E-state index contributed by atoms with van der Waals surface area (Å²) in [5.41, 5.74) is -2.42. The molecule has 0 spiro atoms. The molecule has 1 aliphatic rings. The Hall–Kier alpha value is -2.09. The fourth-order valence-corrected chi connectivity index (χ4v) is 2.33. The van der Waals surface area contributed by atoms with Gasteiger partial charge in [-0.3, -0.25) is 14.9 Å². The zero-order chi connectivity index (χ0) is 15.6. The van der Waals surface area contributed by atoms with Crippen LogP contribution in [0.5, 0.6) is 0 Å². The third-order valence-corrected chi connectivity index (χ3v) is 3.62. The van der Waals surface area contributed by atoms with Gasteiger partial charge in [0.25, 0.3) is 5.91 Å². The van der Waals surface area contributed by atoms with Crippen LogP contribution in [0.25, 0.3) is 0 Å². The van der Waals surface area contributed by atoms with Crippen LogP contribution in [-0.2, 0) is 0 Å². The van der Waals surface area contributed by atoms with Gasteiger partial charge in [0.15, 0.2) is 0 Å². The van der Waals surface area contributed by atoms with Crippen molar-refractivity contribution in [2.45, 2.75) is 25.3 Å². The summed E-state index contributed by atoms with van der Waals surface area (Å²) >= 11 is 0. The number of nitrogens with one attached hydrogen (secondary N) is 2. The molecule has 1 amide bonds. The highest BCUT2D eigenvalue weighted by atomic mass is 19.1. The van der Waals surface area contributed by atoms with Gasteiger partial charge in [0, 0.05) is 11.6 Å². The molecule has 0 unspecified atom stereocenters. The second-order valence-electron chi connectivity index (χ2n) is 5.28. The van der Waals surface area contributed by atoms with E-state index in [4.69, 9.17) is 0 Å². The summed E-state index contributed by atoms with van der Waals surface area (Å²) < 4.78 is 27.6. The molecule has 0 radical (unpaired) electrons. The van der Waals surface area contributed by atoms with Crippen molar-refractivity contribution < 1.29 is 18.5 Å². The Morgan fingerprint density at radius 2 is 2.00 bits per heavy atom. The molecular formula is C13H15F2N3O3. The first-order chi connectivity index (χ1) is 9.84. The summed E-state index contributed by atoms with van der Waals surface area (Å²) in [5.74, 6) is -3.54. The molecule has 0 aromatic heterocycles. The van der Waals surface area contributed by atoms with Crippen LogP contribution in [0.1, 0.15) is 30.1 Å². The van der Waals surface area contributed by atoms with E-state index in [9.17, 15) is 23.7 Å². The highest BCUT2D eigenvalue weighted by Crippen LogP contribution is 2.25. The Morgan fingerprint density at radius 3 is 2.57 bits per heavy atom. The SMILES string of the molecule is CC1(NC(=O)c2c(F)ccc([N+](=O)[O-])c2F)CCNCC1. The van der Waals surface area contributed by atoms with Crippen LogP contribution in [0.15, 0.2) is 12.1 Å². The van der Waals surface area contributed by atoms with Gasteiger partial charge in [0.05, 0.1) is 4.92 Å². The van der Waals surface area contributed by atoms with Crippen LogP contribution < -0.4 is 10.6 Å². The van der Waals surface area contributed by atoms with Gasteiger partial charge >= 0.3 is 5.69 Å². The minimum atomic E-state index is -1.45. The summed E-state index contributed by atoms with van der Waals surface area (Å²) in [6.45, 7) is 3.13. The van der Waals surface area contributed by atoms with E-state index in [2.05, 4.69) is 10.6 Å². The lowest BCUT2D eigenvalue weighted by molar-refractivity contribution is -0.387. The molecule has 114 valence electrons. The van der Waals surface area contributed by atoms with E-state index in [0.717, 1.165) is 6.07 Å². The Labute approximate surface area is 119 Å². The maximum atomic E-state index is 14.0. The van der Waals surface area contributed by atoms with Gasteiger partial charge in [0.2, 0.25) is 5.82 Å². The Bertz CT molecular complexity index is 586. The van der Waals surface area contributed by atoms with Crippen LogP contribution in [0, 0.1) is 21.7 Å². The van der Waals surface area contributed by atoms with Crippen molar-refractivity contribution in [1.82, 2.24) is 10.6 Å². The minimum absolute atomic E-state index is 0.591. The number of carbonyl (C=O) groups excluding carboxylic acids is 1. The number of hydrogen-bond donors (Lipinski definition) is 2. The fraction of sp³-hybridized carbons (Fsp3) is 0.462. The quantitative estimate of drug-likeness (QED) is 0.658. The summed E-state index contributed by atoms with van der Waals surface area (Å²) in [5, 5.41) is 16.4. The molecular weight excluding hydrogens is 284 g/mol. The normalized spacial score (nSPS) is 17.3. The monoisotopic (exact) mass is 299 g/mol. The van der Waals surface area contributed by atoms with E-state index in [0.29, 0.717) is 32.0 Å². The van der Waals surface area contributed by atoms with E-state index in [1.807, 2.05) is 0 Å². The zero-order valence-electron chi connectivity index (χ0n) is 11.4. The van der Waals surface area contributed by atoms with Crippen molar-refractivity contribution >= 4 is 11.6 Å². The van der Waals surface area contributed by atoms with Crippen molar-refractivity contribution in [2.24, 2.45) is 0 Å². The van der Waals surface area contributed by atoms with E-state index in [1.165, 1.54) is 0 Å². The predicted octanol–water partition coefficient (Wildman–Crippen LogP) is 1.74. The van der Waals surface area contributed by atoms with Gasteiger partial charge < -0.3 is 10.6 Å². The molecule has 1 aromatic rings. The van der Waals surface area contributed by atoms with Crippen LogP contribution >= 0.6 is 0 Å². The lowest BCUT2D eigenvalue weighted by Crippen LogP contribution is -2.52. The lowest BCUT2D eigenvalue weighted by atomic mass is 9.90. The van der Waals surface area contributed by atoms with Crippen LogP contribution in [0.3, 0.4) is 0 Å². The molecule has 2 N–H and O–H groups in total. The molecule has 6 nitrogen and oxygen atoms in total. The van der Waals surface area contributed by atoms with Crippen molar-refractivity contribution in [1.29, 1.82) is 0 Å². The maximum absolute atomic E-state index is 14.0. The number of halogens is 2. The van der Waals surface area contributed by atoms with Crippen molar-refractivity contribution in [2.75, 3.05) is 13.1 Å². The number of nitrogens with zero attached hydrogens (tertiary/aromatic N) is 1. The van der Waals surface area contributed by atoms with E-state index in [-0.39, 0.29) is 0 Å². The first kappa shape index (κ1) is 15.3. The topological polar surface area (TPSA) is 84.3 Å². The number of amides is 1. The Balaban J connectivity index is 2.30. The summed E-state index contributed by atoms with van der Waals surface area (Å²) in [6.07, 6.45) is 1.22. The summed E-state index contributed by atoms with van der Waals surface area (Å²) in [6, 6.07) is 1.43. The highest BCUT2D eigenvalue weighted by Gasteiger charge is 2.32. The van der Waals surface area contributed by atoms with Gasteiger partial charge in [-0.05, 0) is 38.9 Å². The number of carbonyl (C=O) groups is 1. The second kappa shape index (κ2) is 5.72. The molecule has 0 saturated carbocycles. The zero-order valence-corrected chi connectivity index (χ0v) is 11.4. The van der Waals surface area contributed by atoms with Crippen LogP contribution in [0.2, 0.25) is 0 Å². The molecule has 2 rings (SSSR count). The van der Waals surface area contributed by atoms with Crippen molar-refractivity contribution in [3.63, 3.8) is 0 Å². The third kappa shape index (κ3) is 3.15. The van der Waals surface area contributed by atoms with Crippen molar-refractivity contribution in [3.8, 4) is 0 Å². The fourth-order valence-electron chi connectivity index (χ4n) is 2.33. The Kier molecular flexibility index (Phi) is 4.17. The third-order valence-electron chi connectivity index (χ3n) is 3.62. The molecule has 0 aliphatic carbocycles. The molecule has 1 aromatic carbocycles. The number of hydrogen-bond acceptors (Lipinski definition) is 4. The first-order valence-electron chi connectivity index (χ1n) is 6.50. The van der Waals surface area contributed by atoms with Gasteiger partial charge in [0.1, 0.15) is 11.4 Å². The predicted molar refractivity (Wildman–Crippen MR) is 71.0 cm³/mol. The average molecular weight is 299 g/mol. The average Bonchev–Trinajstić information content (AvgIpc) is 2.38. The molecule has 21 heavy (non-hydrogen) atoms. The smallest absolute Gasteiger partial charge is 0.305 e. The van der Waals surface area contributed by atoms with Crippen molar-refractivity contribution in [3.05, 3.63) is 39.4 Å². The molecule has 1 heterocycles. The second-order valence-corrected chi connectivity index (χ2v) is 5.28. The van der Waals surface area contributed by atoms with Gasteiger partial charge in [-0.2, -0.15) is 4.39 Å². The van der Waals surface area contributed by atoms with Gasteiger partial charge in [-0.25, -0.2) is 4.39 Å². The number of piperidine rings is 1. The molecule has 1 fully saturated rings. The van der Waals surface area contributed by atoms with Crippen LogP contribution in [0.4, 0.5) is 14.5 Å². The molecule has 0 bridgehead atoms. The van der Waals surface area contributed by atoms with Gasteiger partial charge in [-0.15, -0.1) is 0 Å². The summed E-state index contributed by atoms with van der Waals surface area (Å²) in [7, 11) is 0. The number of nitro benzene ring substituents is 1. The number of benzene rings is 1. The molecule has 1 aliphatic heterocycles. The highest BCUT2D eigenvalue weighted by molar-refractivity contribution is 5.96. The molecule has 8 heteroatoms. The standard InChI is InChI=1S/C13H15F2N3O3/c1-13(4-6-16-7-5-13)17-12(19)10-8(14)2-3-9(11(10)15)18(20)21/h2-3,16H,4-7H2,1H3,(H,17,19).